The molecular formula is C14H20FN3O. The van der Waals surface area contributed by atoms with Gasteiger partial charge in [-0.05, 0) is 30.5 Å². The molecule has 0 bridgehead atoms. The molecule has 2 rings (SSSR count). The van der Waals surface area contributed by atoms with E-state index in [0.717, 1.165) is 24.8 Å². The van der Waals surface area contributed by atoms with Gasteiger partial charge >= 0.3 is 0 Å². The average molecular weight is 265 g/mol. The summed E-state index contributed by atoms with van der Waals surface area (Å²) in [6.45, 7) is 2.55. The number of carbonyl (C=O) groups is 1. The molecule has 0 saturated carbocycles. The van der Waals surface area contributed by atoms with Gasteiger partial charge < -0.3 is 5.32 Å². The molecule has 4 nitrogen and oxygen atoms in total. The van der Waals surface area contributed by atoms with Gasteiger partial charge in [0, 0.05) is 12.6 Å². The highest BCUT2D eigenvalue weighted by atomic mass is 19.1. The molecule has 1 aromatic carbocycles. The Kier molecular flexibility index (Phi) is 4.87. The first-order valence-electron chi connectivity index (χ1n) is 6.72. The van der Waals surface area contributed by atoms with Crippen molar-refractivity contribution in [2.45, 2.75) is 44.8 Å². The van der Waals surface area contributed by atoms with Gasteiger partial charge in [0.05, 0.1) is 0 Å². The minimum absolute atomic E-state index is 0.0181. The van der Waals surface area contributed by atoms with E-state index in [0.29, 0.717) is 12.6 Å². The zero-order valence-corrected chi connectivity index (χ0v) is 11.1. The van der Waals surface area contributed by atoms with Crippen molar-refractivity contribution in [3.8, 4) is 0 Å². The maximum atomic E-state index is 12.7. The van der Waals surface area contributed by atoms with E-state index in [1.807, 2.05) is 0 Å². The predicted molar refractivity (Wildman–Crippen MR) is 71.6 cm³/mol. The molecule has 2 atom stereocenters. The minimum atomic E-state index is -0.265. The van der Waals surface area contributed by atoms with Crippen LogP contribution in [0.5, 0.6) is 0 Å². The van der Waals surface area contributed by atoms with Crippen molar-refractivity contribution in [3.63, 3.8) is 0 Å². The van der Waals surface area contributed by atoms with Crippen molar-refractivity contribution >= 4 is 5.91 Å². The van der Waals surface area contributed by atoms with Gasteiger partial charge in [-0.2, -0.15) is 0 Å². The van der Waals surface area contributed by atoms with Crippen LogP contribution in [-0.2, 0) is 11.3 Å². The van der Waals surface area contributed by atoms with Crippen LogP contribution in [0.3, 0.4) is 0 Å². The van der Waals surface area contributed by atoms with Gasteiger partial charge in [0.2, 0.25) is 5.91 Å². The Morgan fingerprint density at radius 2 is 2.11 bits per heavy atom. The van der Waals surface area contributed by atoms with Gasteiger partial charge in [-0.1, -0.05) is 25.5 Å². The van der Waals surface area contributed by atoms with Crippen LogP contribution in [0.2, 0.25) is 0 Å². The van der Waals surface area contributed by atoms with E-state index in [4.69, 9.17) is 0 Å². The molecule has 0 spiro atoms. The number of rotatable bonds is 5. The van der Waals surface area contributed by atoms with Gasteiger partial charge in [-0.25, -0.2) is 9.82 Å². The van der Waals surface area contributed by atoms with Gasteiger partial charge in [-0.15, -0.1) is 0 Å². The third kappa shape index (κ3) is 4.01. The van der Waals surface area contributed by atoms with E-state index >= 15 is 0 Å². The summed E-state index contributed by atoms with van der Waals surface area (Å²) >= 11 is 0. The molecule has 1 fully saturated rings. The Labute approximate surface area is 112 Å². The zero-order chi connectivity index (χ0) is 13.7. The molecule has 0 aliphatic carbocycles. The van der Waals surface area contributed by atoms with Crippen LogP contribution in [-0.4, -0.2) is 18.0 Å². The lowest BCUT2D eigenvalue weighted by atomic mass is 10.1. The third-order valence-electron chi connectivity index (χ3n) is 3.32. The summed E-state index contributed by atoms with van der Waals surface area (Å²) < 4.78 is 12.7. The third-order valence-corrected chi connectivity index (χ3v) is 3.32. The Morgan fingerprint density at radius 3 is 2.79 bits per heavy atom. The van der Waals surface area contributed by atoms with Crippen LogP contribution in [0.25, 0.3) is 0 Å². The number of halogens is 1. The van der Waals surface area contributed by atoms with Crippen molar-refractivity contribution in [3.05, 3.63) is 35.6 Å². The van der Waals surface area contributed by atoms with Crippen molar-refractivity contribution in [1.82, 2.24) is 16.2 Å². The highest BCUT2D eigenvalue weighted by Gasteiger charge is 2.28. The molecule has 0 radical (unpaired) electrons. The summed E-state index contributed by atoms with van der Waals surface area (Å²) in [5.74, 6) is -0.283. The number of nitrogens with one attached hydrogen (secondary N) is 3. The van der Waals surface area contributed by atoms with Crippen molar-refractivity contribution in [2.24, 2.45) is 0 Å². The normalized spacial score (nSPS) is 22.4. The Balaban J connectivity index is 1.77. The summed E-state index contributed by atoms with van der Waals surface area (Å²) in [4.78, 5) is 11.9. The molecule has 1 aromatic rings. The van der Waals surface area contributed by atoms with E-state index in [9.17, 15) is 9.18 Å². The predicted octanol–water partition coefficient (Wildman–Crippen LogP) is 1.48. The van der Waals surface area contributed by atoms with Crippen molar-refractivity contribution in [2.75, 3.05) is 0 Å². The molecule has 104 valence electrons. The lowest BCUT2D eigenvalue weighted by Gasteiger charge is -2.10. The van der Waals surface area contributed by atoms with E-state index < -0.39 is 0 Å². The first kappa shape index (κ1) is 14.0. The second-order valence-corrected chi connectivity index (χ2v) is 4.91. The minimum Gasteiger partial charge on any atom is -0.351 e. The summed E-state index contributed by atoms with van der Waals surface area (Å²) in [5, 5.41) is 2.86. The number of carbonyl (C=O) groups excluding carboxylic acids is 1. The van der Waals surface area contributed by atoms with Crippen LogP contribution in [0.4, 0.5) is 4.39 Å². The molecule has 3 N–H and O–H groups in total. The van der Waals surface area contributed by atoms with E-state index in [2.05, 4.69) is 23.1 Å². The monoisotopic (exact) mass is 265 g/mol. The standard InChI is InChI=1S/C14H20FN3O/c1-2-3-12-8-13(18-17-12)14(19)16-9-10-4-6-11(15)7-5-10/h4-7,12-13,17-18H,2-3,8-9H2,1H3,(H,16,19). The molecule has 1 aliphatic rings. The number of amides is 1. The molecule has 5 heteroatoms. The average Bonchev–Trinajstić information content (AvgIpc) is 2.87. The van der Waals surface area contributed by atoms with Gasteiger partial charge in [0.15, 0.2) is 0 Å². The summed E-state index contributed by atoms with van der Waals surface area (Å²) in [6, 6.07) is 6.33. The molecular weight excluding hydrogens is 245 g/mol. The van der Waals surface area contributed by atoms with Crippen LogP contribution in [0.15, 0.2) is 24.3 Å². The summed E-state index contributed by atoms with van der Waals surface area (Å²) in [7, 11) is 0. The lowest BCUT2D eigenvalue weighted by Crippen LogP contribution is -2.43. The van der Waals surface area contributed by atoms with Gasteiger partial charge in [-0.3, -0.25) is 10.2 Å². The van der Waals surface area contributed by atoms with Crippen molar-refractivity contribution in [1.29, 1.82) is 0 Å². The Hall–Kier alpha value is -1.46. The molecule has 1 aliphatic heterocycles. The van der Waals surface area contributed by atoms with Crippen LogP contribution < -0.4 is 16.2 Å². The van der Waals surface area contributed by atoms with E-state index in [1.165, 1.54) is 12.1 Å². The topological polar surface area (TPSA) is 53.2 Å². The summed E-state index contributed by atoms with van der Waals surface area (Å²) in [5.41, 5.74) is 7.04. The Morgan fingerprint density at radius 1 is 1.37 bits per heavy atom. The fourth-order valence-electron chi connectivity index (χ4n) is 2.25. The fourth-order valence-corrected chi connectivity index (χ4v) is 2.25. The number of benzene rings is 1. The fraction of sp³-hybridized carbons (Fsp3) is 0.500. The quantitative estimate of drug-likeness (QED) is 0.756. The second kappa shape index (κ2) is 6.63. The first-order chi connectivity index (χ1) is 9.19. The highest BCUT2D eigenvalue weighted by molar-refractivity contribution is 5.82. The smallest absolute Gasteiger partial charge is 0.238 e. The SMILES string of the molecule is CCCC1CC(C(=O)NCc2ccc(F)cc2)NN1. The van der Waals surface area contributed by atoms with Gasteiger partial charge in [0.1, 0.15) is 11.9 Å². The van der Waals surface area contributed by atoms with Gasteiger partial charge in [0.25, 0.3) is 0 Å². The van der Waals surface area contributed by atoms with E-state index in [-0.39, 0.29) is 17.8 Å². The maximum Gasteiger partial charge on any atom is 0.238 e. The molecule has 19 heavy (non-hydrogen) atoms. The molecule has 1 saturated heterocycles. The van der Waals surface area contributed by atoms with E-state index in [1.54, 1.807) is 12.1 Å². The molecule has 0 aromatic heterocycles. The van der Waals surface area contributed by atoms with Crippen LogP contribution in [0, 0.1) is 5.82 Å². The molecule has 1 heterocycles. The first-order valence-corrected chi connectivity index (χ1v) is 6.72. The molecule has 2 unspecified atom stereocenters. The number of hydrazine groups is 1. The molecule has 1 amide bonds. The summed E-state index contributed by atoms with van der Waals surface area (Å²) in [6.07, 6.45) is 2.97. The Bertz CT molecular complexity index is 421. The number of hydrogen-bond acceptors (Lipinski definition) is 3. The zero-order valence-electron chi connectivity index (χ0n) is 11.1. The largest absolute Gasteiger partial charge is 0.351 e. The highest BCUT2D eigenvalue weighted by Crippen LogP contribution is 2.10. The second-order valence-electron chi connectivity index (χ2n) is 4.91. The van der Waals surface area contributed by atoms with Crippen LogP contribution >= 0.6 is 0 Å². The van der Waals surface area contributed by atoms with Crippen LogP contribution in [0.1, 0.15) is 31.7 Å². The lowest BCUT2D eigenvalue weighted by molar-refractivity contribution is -0.123. The van der Waals surface area contributed by atoms with Crippen molar-refractivity contribution < 1.29 is 9.18 Å². The maximum absolute atomic E-state index is 12.7. The number of hydrogen-bond donors (Lipinski definition) is 3.